The molecule has 1 atom stereocenters. The quantitative estimate of drug-likeness (QED) is 0.930. The minimum absolute atomic E-state index is 0.0166. The number of anilines is 1. The Kier molecular flexibility index (Phi) is 4.13. The van der Waals surface area contributed by atoms with E-state index in [-0.39, 0.29) is 12.0 Å². The van der Waals surface area contributed by atoms with Gasteiger partial charge in [0.2, 0.25) is 0 Å². The van der Waals surface area contributed by atoms with Crippen LogP contribution in [0.15, 0.2) is 42.7 Å². The highest BCUT2D eigenvalue weighted by Gasteiger charge is 2.46. The van der Waals surface area contributed by atoms with Gasteiger partial charge < -0.3 is 15.0 Å². The van der Waals surface area contributed by atoms with Gasteiger partial charge in [0.25, 0.3) is 5.91 Å². The first-order chi connectivity index (χ1) is 12.2. The Morgan fingerprint density at radius 1 is 1.20 bits per heavy atom. The number of nitrogens with one attached hydrogen (secondary N) is 1. The summed E-state index contributed by atoms with van der Waals surface area (Å²) in [5, 5.41) is 3.05. The van der Waals surface area contributed by atoms with E-state index >= 15 is 0 Å². The zero-order chi connectivity index (χ0) is 17.3. The largest absolute Gasteiger partial charge is 0.355 e. The topological polar surface area (TPSA) is 67.3 Å². The summed E-state index contributed by atoms with van der Waals surface area (Å²) >= 11 is 0. The third-order valence-corrected chi connectivity index (χ3v) is 4.98. The van der Waals surface area contributed by atoms with Crippen molar-refractivity contribution in [1.82, 2.24) is 15.3 Å². The van der Waals surface area contributed by atoms with Crippen molar-refractivity contribution in [2.75, 3.05) is 18.0 Å². The monoisotopic (exact) mass is 338 g/mol. The molecule has 1 N–H and O–H groups in total. The Morgan fingerprint density at radius 2 is 1.96 bits per heavy atom. The van der Waals surface area contributed by atoms with Gasteiger partial charge >= 0.3 is 0 Å². The minimum Gasteiger partial charge on any atom is -0.355 e. The number of rotatable bonds is 3. The van der Waals surface area contributed by atoms with Crippen LogP contribution >= 0.6 is 0 Å². The number of hydrogen-bond donors (Lipinski definition) is 1. The van der Waals surface area contributed by atoms with E-state index in [4.69, 9.17) is 4.74 Å². The summed E-state index contributed by atoms with van der Waals surface area (Å²) < 4.78 is 5.99. The van der Waals surface area contributed by atoms with Crippen molar-refractivity contribution < 1.29 is 9.53 Å². The molecule has 0 saturated carbocycles. The molecule has 6 nitrogen and oxygen atoms in total. The van der Waals surface area contributed by atoms with Crippen LogP contribution in [0.25, 0.3) is 11.3 Å². The van der Waals surface area contributed by atoms with Gasteiger partial charge in [-0.1, -0.05) is 37.3 Å². The Hall–Kier alpha value is -2.47. The van der Waals surface area contributed by atoms with Crippen LogP contribution < -0.4 is 10.2 Å². The molecule has 2 aromatic rings. The molecular formula is C19H22N4O2. The van der Waals surface area contributed by atoms with E-state index in [1.54, 1.807) is 0 Å². The zero-order valence-electron chi connectivity index (χ0n) is 14.3. The van der Waals surface area contributed by atoms with E-state index in [0.717, 1.165) is 43.0 Å². The molecule has 1 amide bonds. The fourth-order valence-electron chi connectivity index (χ4n) is 3.51. The van der Waals surface area contributed by atoms with E-state index in [0.29, 0.717) is 6.42 Å². The van der Waals surface area contributed by atoms with Crippen LogP contribution in [0.5, 0.6) is 0 Å². The molecule has 1 spiro atoms. The Balaban J connectivity index is 1.42. The highest BCUT2D eigenvalue weighted by Crippen LogP contribution is 2.32. The first-order valence-corrected chi connectivity index (χ1v) is 8.81. The Bertz CT molecular complexity index is 740. The molecule has 3 heterocycles. The summed E-state index contributed by atoms with van der Waals surface area (Å²) in [4.78, 5) is 23.2. The van der Waals surface area contributed by atoms with Crippen molar-refractivity contribution in [2.24, 2.45) is 0 Å². The molecule has 4 rings (SSSR count). The van der Waals surface area contributed by atoms with E-state index in [1.165, 1.54) is 0 Å². The number of amides is 1. The molecule has 1 aromatic carbocycles. The third-order valence-electron chi connectivity index (χ3n) is 4.98. The van der Waals surface area contributed by atoms with Gasteiger partial charge in [-0.05, 0) is 6.42 Å². The van der Waals surface area contributed by atoms with Crippen molar-refractivity contribution in [2.45, 2.75) is 38.0 Å². The summed E-state index contributed by atoms with van der Waals surface area (Å²) in [7, 11) is 0. The Morgan fingerprint density at radius 3 is 2.56 bits per heavy atom. The van der Waals surface area contributed by atoms with E-state index in [2.05, 4.69) is 20.2 Å². The Labute approximate surface area is 147 Å². The maximum atomic E-state index is 11.9. The van der Waals surface area contributed by atoms with Gasteiger partial charge in [0, 0.05) is 31.5 Å². The number of hydrogen-bond acceptors (Lipinski definition) is 5. The first kappa shape index (κ1) is 16.0. The summed E-state index contributed by atoms with van der Waals surface area (Å²) in [6.45, 7) is 3.55. The average Bonchev–Trinajstić information content (AvgIpc) is 2.98. The molecule has 1 aromatic heterocycles. The molecule has 6 heteroatoms. The summed E-state index contributed by atoms with van der Waals surface area (Å²) in [6.07, 6.45) is 5.56. The molecule has 0 aliphatic carbocycles. The van der Waals surface area contributed by atoms with Crippen molar-refractivity contribution in [3.8, 4) is 11.3 Å². The minimum atomic E-state index is -0.494. The van der Waals surface area contributed by atoms with E-state index < -0.39 is 5.72 Å². The molecule has 2 aliphatic rings. The fourth-order valence-corrected chi connectivity index (χ4v) is 3.51. The maximum absolute atomic E-state index is 11.9. The van der Waals surface area contributed by atoms with Gasteiger partial charge in [0.15, 0.2) is 0 Å². The highest BCUT2D eigenvalue weighted by atomic mass is 16.5. The van der Waals surface area contributed by atoms with Crippen LogP contribution in [-0.2, 0) is 9.53 Å². The lowest BCUT2D eigenvalue weighted by molar-refractivity contribution is -0.124. The van der Waals surface area contributed by atoms with Gasteiger partial charge in [0.05, 0.1) is 18.1 Å². The molecule has 2 saturated heterocycles. The van der Waals surface area contributed by atoms with Crippen molar-refractivity contribution in [1.29, 1.82) is 0 Å². The number of carbonyl (C=O) groups excluding carboxylic acids is 1. The van der Waals surface area contributed by atoms with E-state index in [9.17, 15) is 4.79 Å². The summed E-state index contributed by atoms with van der Waals surface area (Å²) in [5.41, 5.74) is 1.44. The van der Waals surface area contributed by atoms with Crippen LogP contribution in [0.2, 0.25) is 0 Å². The second-order valence-electron chi connectivity index (χ2n) is 6.61. The van der Waals surface area contributed by atoms with Crippen LogP contribution in [0.4, 0.5) is 5.82 Å². The predicted molar refractivity (Wildman–Crippen MR) is 95.0 cm³/mol. The van der Waals surface area contributed by atoms with Crippen LogP contribution in [0.3, 0.4) is 0 Å². The molecule has 25 heavy (non-hydrogen) atoms. The maximum Gasteiger partial charge on any atom is 0.251 e. The van der Waals surface area contributed by atoms with E-state index in [1.807, 2.05) is 49.6 Å². The standard InChI is InChI=1S/C19H22N4O2/c1-2-16-18(24)22-19(25-16)8-10-23(11-9-19)17-13-20-15(12-21-17)14-6-4-3-5-7-14/h3-7,12-13,16H,2,8-11H2,1H3,(H,22,24). The number of ether oxygens (including phenoxy) is 1. The highest BCUT2D eigenvalue weighted by molar-refractivity contribution is 5.83. The molecule has 2 fully saturated rings. The van der Waals surface area contributed by atoms with Gasteiger partial charge in [-0.3, -0.25) is 9.78 Å². The van der Waals surface area contributed by atoms with Crippen molar-refractivity contribution in [3.05, 3.63) is 42.7 Å². The SMILES string of the molecule is CCC1OC2(CCN(c3cnc(-c4ccccc4)cn3)CC2)NC1=O. The van der Waals surface area contributed by atoms with Gasteiger partial charge in [-0.2, -0.15) is 0 Å². The second-order valence-corrected chi connectivity index (χ2v) is 6.61. The number of benzene rings is 1. The van der Waals surface area contributed by atoms with Crippen molar-refractivity contribution in [3.63, 3.8) is 0 Å². The van der Waals surface area contributed by atoms with Gasteiger partial charge in [-0.25, -0.2) is 4.98 Å². The number of carbonyl (C=O) groups is 1. The smallest absolute Gasteiger partial charge is 0.251 e. The average molecular weight is 338 g/mol. The molecule has 0 radical (unpaired) electrons. The molecule has 130 valence electrons. The van der Waals surface area contributed by atoms with Gasteiger partial charge in [-0.15, -0.1) is 0 Å². The summed E-state index contributed by atoms with van der Waals surface area (Å²) in [5.74, 6) is 0.883. The lowest BCUT2D eigenvalue weighted by Gasteiger charge is -2.38. The molecule has 1 unspecified atom stereocenters. The first-order valence-electron chi connectivity index (χ1n) is 8.81. The van der Waals surface area contributed by atoms with Gasteiger partial charge in [0.1, 0.15) is 17.6 Å². The van der Waals surface area contributed by atoms with Crippen molar-refractivity contribution >= 4 is 11.7 Å². The zero-order valence-corrected chi connectivity index (χ0v) is 14.3. The van der Waals surface area contributed by atoms with Crippen LogP contribution in [-0.4, -0.2) is 40.8 Å². The molecule has 2 aliphatic heterocycles. The fraction of sp³-hybridized carbons (Fsp3) is 0.421. The normalized spacial score (nSPS) is 22.2. The molecular weight excluding hydrogens is 316 g/mol. The lowest BCUT2D eigenvalue weighted by Crippen LogP contribution is -2.52. The third kappa shape index (κ3) is 3.09. The van der Waals surface area contributed by atoms with Crippen LogP contribution in [0.1, 0.15) is 26.2 Å². The molecule has 0 bridgehead atoms. The number of piperidine rings is 1. The predicted octanol–water partition coefficient (Wildman–Crippen LogP) is 2.37. The number of aromatic nitrogens is 2. The number of nitrogens with zero attached hydrogens (tertiary/aromatic N) is 3. The second kappa shape index (κ2) is 6.44. The van der Waals surface area contributed by atoms with Crippen LogP contribution in [0, 0.1) is 0 Å². The lowest BCUT2D eigenvalue weighted by atomic mass is 10.0. The summed E-state index contributed by atoms with van der Waals surface area (Å²) in [6, 6.07) is 10.0.